The van der Waals surface area contributed by atoms with Crippen molar-refractivity contribution in [2.45, 2.75) is 6.92 Å². The Balaban J connectivity index is 1.66. The minimum Gasteiger partial charge on any atom is -0.494 e. The molecule has 1 N–H and O–H groups in total. The average molecular weight is 321 g/mol. The molecule has 0 fully saturated rings. The molecule has 0 spiro atoms. The molecule has 8 heteroatoms. The molecule has 3 aromatic heterocycles. The lowest BCUT2D eigenvalue weighted by atomic mass is 10.2. The van der Waals surface area contributed by atoms with E-state index in [1.807, 2.05) is 35.9 Å². The number of aromatic nitrogens is 6. The number of anilines is 2. The second-order valence-electron chi connectivity index (χ2n) is 5.25. The van der Waals surface area contributed by atoms with Gasteiger partial charge >= 0.3 is 0 Å². The molecule has 0 unspecified atom stereocenters. The van der Waals surface area contributed by atoms with Crippen molar-refractivity contribution in [3.63, 3.8) is 0 Å². The van der Waals surface area contributed by atoms with Crippen LogP contribution in [0.5, 0.6) is 5.75 Å². The number of rotatable bonds is 4. The zero-order chi connectivity index (χ0) is 16.5. The van der Waals surface area contributed by atoms with Gasteiger partial charge in [-0.2, -0.15) is 4.98 Å². The number of methoxy groups -OCH3 is 1. The summed E-state index contributed by atoms with van der Waals surface area (Å²) in [5.41, 5.74) is 3.37. The Hall–Kier alpha value is -3.42. The van der Waals surface area contributed by atoms with E-state index in [-0.39, 0.29) is 0 Å². The van der Waals surface area contributed by atoms with Gasteiger partial charge in [-0.25, -0.2) is 9.50 Å². The topological polar surface area (TPSA) is 82.2 Å². The second kappa shape index (κ2) is 5.65. The smallest absolute Gasteiger partial charge is 0.247 e. The van der Waals surface area contributed by atoms with Crippen LogP contribution in [0.15, 0.2) is 49.3 Å². The SMILES string of the molecule is COc1cc(Nc2nc3cnccn3n2)ccc1-n1cnc(C)c1. The fraction of sp³-hybridized carbons (Fsp3) is 0.125. The molecule has 0 amide bonds. The van der Waals surface area contributed by atoms with Gasteiger partial charge in [0.2, 0.25) is 5.95 Å². The van der Waals surface area contributed by atoms with E-state index in [4.69, 9.17) is 4.74 Å². The highest BCUT2D eigenvalue weighted by Gasteiger charge is 2.09. The maximum Gasteiger partial charge on any atom is 0.247 e. The minimum absolute atomic E-state index is 0.497. The Bertz CT molecular complexity index is 972. The van der Waals surface area contributed by atoms with E-state index >= 15 is 0 Å². The zero-order valence-electron chi connectivity index (χ0n) is 13.2. The summed E-state index contributed by atoms with van der Waals surface area (Å²) >= 11 is 0. The van der Waals surface area contributed by atoms with Crippen molar-refractivity contribution in [3.8, 4) is 11.4 Å². The van der Waals surface area contributed by atoms with Crippen LogP contribution in [0.4, 0.5) is 11.6 Å². The first kappa shape index (κ1) is 14.2. The van der Waals surface area contributed by atoms with Crippen LogP contribution in [-0.4, -0.2) is 36.2 Å². The molecule has 3 heterocycles. The summed E-state index contributed by atoms with van der Waals surface area (Å²) in [5, 5.41) is 7.52. The van der Waals surface area contributed by atoms with Crippen LogP contribution in [0.1, 0.15) is 5.69 Å². The molecule has 0 bridgehead atoms. The lowest BCUT2D eigenvalue weighted by molar-refractivity contribution is 0.413. The normalized spacial score (nSPS) is 10.9. The number of hydrogen-bond acceptors (Lipinski definition) is 6. The van der Waals surface area contributed by atoms with Crippen LogP contribution < -0.4 is 10.1 Å². The summed E-state index contributed by atoms with van der Waals surface area (Å²) in [6.45, 7) is 1.95. The van der Waals surface area contributed by atoms with E-state index in [0.29, 0.717) is 11.6 Å². The molecule has 0 aliphatic heterocycles. The number of nitrogens with one attached hydrogen (secondary N) is 1. The predicted molar refractivity (Wildman–Crippen MR) is 88.9 cm³/mol. The van der Waals surface area contributed by atoms with Crippen LogP contribution in [0.25, 0.3) is 11.3 Å². The van der Waals surface area contributed by atoms with Crippen LogP contribution in [0.2, 0.25) is 0 Å². The lowest BCUT2D eigenvalue weighted by Crippen LogP contribution is -1.98. The van der Waals surface area contributed by atoms with Gasteiger partial charge in [0.15, 0.2) is 5.65 Å². The van der Waals surface area contributed by atoms with Gasteiger partial charge in [-0.15, -0.1) is 5.10 Å². The molecule has 24 heavy (non-hydrogen) atoms. The first-order chi connectivity index (χ1) is 11.7. The van der Waals surface area contributed by atoms with Gasteiger partial charge in [0.25, 0.3) is 0 Å². The third-order valence-electron chi connectivity index (χ3n) is 3.57. The molecule has 0 radical (unpaired) electrons. The van der Waals surface area contributed by atoms with Gasteiger partial charge in [0.1, 0.15) is 5.75 Å². The van der Waals surface area contributed by atoms with Crippen molar-refractivity contribution in [2.24, 2.45) is 0 Å². The summed E-state index contributed by atoms with van der Waals surface area (Å²) in [6.07, 6.45) is 8.77. The molecule has 0 saturated carbocycles. The minimum atomic E-state index is 0.497. The van der Waals surface area contributed by atoms with Crippen LogP contribution in [-0.2, 0) is 0 Å². The molecule has 120 valence electrons. The van der Waals surface area contributed by atoms with E-state index in [1.54, 1.807) is 36.5 Å². The molecule has 4 rings (SSSR count). The average Bonchev–Trinajstić information content (AvgIpc) is 3.20. The quantitative estimate of drug-likeness (QED) is 0.621. The Labute approximate surface area is 137 Å². The van der Waals surface area contributed by atoms with Crippen molar-refractivity contribution in [1.82, 2.24) is 29.1 Å². The van der Waals surface area contributed by atoms with E-state index < -0.39 is 0 Å². The third-order valence-corrected chi connectivity index (χ3v) is 3.57. The fourth-order valence-electron chi connectivity index (χ4n) is 2.45. The number of ether oxygens (including phenoxy) is 1. The largest absolute Gasteiger partial charge is 0.494 e. The van der Waals surface area contributed by atoms with Gasteiger partial charge in [-0.3, -0.25) is 4.98 Å². The first-order valence-electron chi connectivity index (χ1n) is 7.35. The number of hydrogen-bond donors (Lipinski definition) is 1. The lowest BCUT2D eigenvalue weighted by Gasteiger charge is -2.11. The number of fused-ring (bicyclic) bond motifs is 1. The van der Waals surface area contributed by atoms with Crippen LogP contribution in [0, 0.1) is 6.92 Å². The molecule has 4 aromatic rings. The number of benzene rings is 1. The Morgan fingerprint density at radius 1 is 1.25 bits per heavy atom. The molecule has 0 aliphatic rings. The predicted octanol–water partition coefficient (Wildman–Crippen LogP) is 2.37. The standard InChI is InChI=1S/C16H15N7O/c1-11-9-22(10-18-11)13-4-3-12(7-14(13)24-2)19-16-20-15-8-17-5-6-23(15)21-16/h3-10H,1-2H3,(H,19,21). The Kier molecular flexibility index (Phi) is 3.34. The zero-order valence-corrected chi connectivity index (χ0v) is 13.2. The first-order valence-corrected chi connectivity index (χ1v) is 7.35. The number of aryl methyl sites for hydroxylation is 1. The van der Waals surface area contributed by atoms with Gasteiger partial charge in [0.05, 0.1) is 31.0 Å². The van der Waals surface area contributed by atoms with Crippen LogP contribution in [0.3, 0.4) is 0 Å². The van der Waals surface area contributed by atoms with Crippen molar-refractivity contribution >= 4 is 17.3 Å². The molecular formula is C16H15N7O. The number of imidazole rings is 1. The van der Waals surface area contributed by atoms with Crippen LogP contribution >= 0.6 is 0 Å². The monoisotopic (exact) mass is 321 g/mol. The molecule has 0 atom stereocenters. The van der Waals surface area contributed by atoms with Crippen molar-refractivity contribution in [2.75, 3.05) is 12.4 Å². The maximum atomic E-state index is 5.50. The summed E-state index contributed by atoms with van der Waals surface area (Å²) < 4.78 is 9.09. The van der Waals surface area contributed by atoms with Gasteiger partial charge in [-0.05, 0) is 19.1 Å². The molecular weight excluding hydrogens is 306 g/mol. The summed E-state index contributed by atoms with van der Waals surface area (Å²) in [6, 6.07) is 5.80. The highest BCUT2D eigenvalue weighted by atomic mass is 16.5. The van der Waals surface area contributed by atoms with E-state index in [0.717, 1.165) is 22.8 Å². The third kappa shape index (κ3) is 2.54. The fourth-order valence-corrected chi connectivity index (χ4v) is 2.45. The van der Waals surface area contributed by atoms with Crippen molar-refractivity contribution in [1.29, 1.82) is 0 Å². The van der Waals surface area contributed by atoms with E-state index in [9.17, 15) is 0 Å². The number of nitrogens with zero attached hydrogens (tertiary/aromatic N) is 6. The highest BCUT2D eigenvalue weighted by molar-refractivity contribution is 5.62. The summed E-state index contributed by atoms with van der Waals surface area (Å²) in [7, 11) is 1.64. The van der Waals surface area contributed by atoms with Gasteiger partial charge < -0.3 is 14.6 Å². The Morgan fingerprint density at radius 3 is 2.92 bits per heavy atom. The summed E-state index contributed by atoms with van der Waals surface area (Å²) in [5.74, 6) is 1.22. The molecule has 8 nitrogen and oxygen atoms in total. The van der Waals surface area contributed by atoms with Crippen molar-refractivity contribution in [3.05, 3.63) is 55.0 Å². The van der Waals surface area contributed by atoms with E-state index in [1.165, 1.54) is 0 Å². The second-order valence-corrected chi connectivity index (χ2v) is 5.25. The summed E-state index contributed by atoms with van der Waals surface area (Å²) in [4.78, 5) is 12.6. The van der Waals surface area contributed by atoms with Gasteiger partial charge in [-0.1, -0.05) is 0 Å². The van der Waals surface area contributed by atoms with E-state index in [2.05, 4.69) is 25.4 Å². The molecule has 1 aromatic carbocycles. The van der Waals surface area contributed by atoms with Crippen molar-refractivity contribution < 1.29 is 4.74 Å². The molecule has 0 saturated heterocycles. The maximum absolute atomic E-state index is 5.50. The molecule has 0 aliphatic carbocycles. The Morgan fingerprint density at radius 2 is 2.17 bits per heavy atom. The van der Waals surface area contributed by atoms with Gasteiger partial charge in [0, 0.05) is 30.3 Å². The highest BCUT2D eigenvalue weighted by Crippen LogP contribution is 2.28.